The number of rotatable bonds is 4. The van der Waals surface area contributed by atoms with Gasteiger partial charge in [0.1, 0.15) is 5.82 Å². The fraction of sp³-hybridized carbons (Fsp3) is 0.333. The lowest BCUT2D eigenvalue weighted by Crippen LogP contribution is -2.24. The van der Waals surface area contributed by atoms with Gasteiger partial charge in [0.15, 0.2) is 0 Å². The summed E-state index contributed by atoms with van der Waals surface area (Å²) in [7, 11) is -0.584. The molecule has 0 N–H and O–H groups in total. The lowest BCUT2D eigenvalue weighted by atomic mass is 9.91. The first-order chi connectivity index (χ1) is 15.3. The normalized spacial score (nSPS) is 21.7. The fourth-order valence-corrected chi connectivity index (χ4v) is 5.47. The third kappa shape index (κ3) is 3.89. The highest BCUT2D eigenvalue weighted by Gasteiger charge is 2.37. The van der Waals surface area contributed by atoms with Crippen LogP contribution in [0.2, 0.25) is 0 Å². The van der Waals surface area contributed by atoms with Crippen LogP contribution in [0.15, 0.2) is 59.4 Å². The van der Waals surface area contributed by atoms with Crippen LogP contribution in [0.3, 0.4) is 0 Å². The predicted molar refractivity (Wildman–Crippen MR) is 123 cm³/mol. The topological polar surface area (TPSA) is 67.6 Å². The van der Waals surface area contributed by atoms with E-state index < -0.39 is 10.2 Å². The summed E-state index contributed by atoms with van der Waals surface area (Å²) in [5.41, 5.74) is 6.03. The van der Waals surface area contributed by atoms with Crippen LogP contribution in [-0.2, 0) is 23.1 Å². The highest BCUT2D eigenvalue weighted by atomic mass is 32.2. The van der Waals surface area contributed by atoms with Crippen LogP contribution in [0.5, 0.6) is 0 Å². The van der Waals surface area contributed by atoms with Crippen molar-refractivity contribution < 1.29 is 12.8 Å². The maximum absolute atomic E-state index is 13.2. The van der Waals surface area contributed by atoms with Crippen molar-refractivity contribution in [3.8, 4) is 16.9 Å². The molecule has 5 rings (SSSR count). The van der Waals surface area contributed by atoms with Crippen LogP contribution in [0.25, 0.3) is 16.9 Å². The highest BCUT2D eigenvalue weighted by Crippen LogP contribution is 2.39. The van der Waals surface area contributed by atoms with E-state index in [1.165, 1.54) is 41.7 Å². The molecule has 3 aromatic rings. The molecular weight excluding hydrogens is 427 g/mol. The second-order valence-corrected chi connectivity index (χ2v) is 10.6. The van der Waals surface area contributed by atoms with E-state index in [9.17, 15) is 12.8 Å². The minimum Gasteiger partial charge on any atom is -0.306 e. The summed E-state index contributed by atoms with van der Waals surface area (Å²) in [4.78, 5) is 4.55. The van der Waals surface area contributed by atoms with Gasteiger partial charge >= 0.3 is 10.2 Å². The first-order valence-corrected chi connectivity index (χ1v) is 12.1. The van der Waals surface area contributed by atoms with Crippen LogP contribution < -0.4 is 0 Å². The van der Waals surface area contributed by atoms with Crippen molar-refractivity contribution in [1.29, 1.82) is 0 Å². The Morgan fingerprint density at radius 1 is 1.03 bits per heavy atom. The number of halogens is 1. The average molecular weight is 453 g/mol. The number of fused-ring (bicyclic) bond motifs is 3. The van der Waals surface area contributed by atoms with Crippen molar-refractivity contribution in [3.05, 3.63) is 71.9 Å². The van der Waals surface area contributed by atoms with Gasteiger partial charge in [-0.1, -0.05) is 12.1 Å². The third-order valence-electron chi connectivity index (χ3n) is 6.52. The Bertz CT molecular complexity index is 1300. The van der Waals surface area contributed by atoms with Crippen molar-refractivity contribution in [2.75, 3.05) is 14.1 Å². The van der Waals surface area contributed by atoms with Crippen molar-refractivity contribution in [2.45, 2.75) is 25.7 Å². The maximum Gasteiger partial charge on any atom is 0.321 e. The van der Waals surface area contributed by atoms with Gasteiger partial charge in [-0.25, -0.2) is 9.37 Å². The van der Waals surface area contributed by atoms with E-state index in [1.54, 1.807) is 18.5 Å². The summed E-state index contributed by atoms with van der Waals surface area (Å²) in [6.45, 7) is 0. The van der Waals surface area contributed by atoms with Gasteiger partial charge in [-0.2, -0.15) is 17.1 Å². The first-order valence-electron chi connectivity index (χ1n) is 10.7. The van der Waals surface area contributed by atoms with Gasteiger partial charge < -0.3 is 4.57 Å². The SMILES string of the molecule is CN(C)S(=O)(=O)/N=C1/[C@@H]2CC[C@H]1Cc1cc(-c3cn(-c4ccc(F)cc4)cn3)ccc1C2. The molecule has 32 heavy (non-hydrogen) atoms. The molecule has 1 fully saturated rings. The zero-order valence-electron chi connectivity index (χ0n) is 18.1. The molecule has 2 bridgehead atoms. The van der Waals surface area contributed by atoms with E-state index >= 15 is 0 Å². The van der Waals surface area contributed by atoms with Crippen LogP contribution in [-0.4, -0.2) is 42.1 Å². The van der Waals surface area contributed by atoms with Crippen molar-refractivity contribution in [2.24, 2.45) is 16.2 Å². The van der Waals surface area contributed by atoms with Crippen LogP contribution in [0, 0.1) is 17.7 Å². The number of hydrogen-bond donors (Lipinski definition) is 0. The van der Waals surface area contributed by atoms with Gasteiger partial charge in [0, 0.05) is 49.1 Å². The Morgan fingerprint density at radius 2 is 1.72 bits per heavy atom. The fourth-order valence-electron chi connectivity index (χ4n) is 4.74. The number of aromatic nitrogens is 2. The quantitative estimate of drug-likeness (QED) is 0.600. The molecule has 6 nitrogen and oxygen atoms in total. The van der Waals surface area contributed by atoms with Crippen LogP contribution in [0.4, 0.5) is 4.39 Å². The molecule has 1 heterocycles. The lowest BCUT2D eigenvalue weighted by Gasteiger charge is -2.13. The summed E-state index contributed by atoms with van der Waals surface area (Å²) in [5.74, 6) is 0.0675. The highest BCUT2D eigenvalue weighted by molar-refractivity contribution is 7.87. The van der Waals surface area contributed by atoms with Crippen LogP contribution >= 0.6 is 0 Å². The third-order valence-corrected chi connectivity index (χ3v) is 7.89. The van der Waals surface area contributed by atoms with E-state index in [2.05, 4.69) is 27.6 Å². The Hall–Kier alpha value is -2.84. The predicted octanol–water partition coefficient (Wildman–Crippen LogP) is 4.05. The molecule has 0 saturated heterocycles. The largest absolute Gasteiger partial charge is 0.321 e. The van der Waals surface area contributed by atoms with E-state index in [-0.39, 0.29) is 17.7 Å². The average Bonchev–Trinajstić information content (AvgIpc) is 3.33. The number of imidazole rings is 1. The van der Waals surface area contributed by atoms with Gasteiger partial charge in [-0.15, -0.1) is 0 Å². The Kier molecular flexibility index (Phi) is 5.22. The monoisotopic (exact) mass is 452 g/mol. The van der Waals surface area contributed by atoms with Gasteiger partial charge in [-0.3, -0.25) is 0 Å². The van der Waals surface area contributed by atoms with E-state index in [0.29, 0.717) is 0 Å². The molecule has 166 valence electrons. The Balaban J connectivity index is 1.45. The van der Waals surface area contributed by atoms with Gasteiger partial charge in [0.2, 0.25) is 0 Å². The smallest absolute Gasteiger partial charge is 0.306 e. The molecule has 0 radical (unpaired) electrons. The standard InChI is InChI=1S/C24H25FN4O2S/c1-28(2)32(30,31)27-24-18-5-6-19(24)13-20-12-17(4-3-16(20)11-18)23-14-29(15-26-23)22-9-7-21(25)8-10-22/h3-4,7-10,12,14-15,18-19H,5-6,11,13H2,1-2H3/b27-24-/t18-,19+/m1/s1. The second-order valence-electron chi connectivity index (χ2n) is 8.78. The van der Waals surface area contributed by atoms with E-state index in [0.717, 1.165) is 48.3 Å². The second kappa shape index (κ2) is 7.94. The van der Waals surface area contributed by atoms with Gasteiger partial charge in [0.05, 0.1) is 12.0 Å². The Labute approximate surface area is 187 Å². The maximum atomic E-state index is 13.2. The molecular formula is C24H25FN4O2S. The molecule has 0 aliphatic heterocycles. The first kappa shape index (κ1) is 21.0. The van der Waals surface area contributed by atoms with Crippen molar-refractivity contribution in [3.63, 3.8) is 0 Å². The summed E-state index contributed by atoms with van der Waals surface area (Å²) in [6, 6.07) is 12.7. The van der Waals surface area contributed by atoms with Gasteiger partial charge in [0.25, 0.3) is 0 Å². The number of benzene rings is 2. The number of hydrogen-bond acceptors (Lipinski definition) is 3. The molecule has 2 aromatic carbocycles. The summed E-state index contributed by atoms with van der Waals surface area (Å²) >= 11 is 0. The van der Waals surface area contributed by atoms with Crippen molar-refractivity contribution >= 4 is 15.9 Å². The molecule has 2 aliphatic rings. The minimum absolute atomic E-state index is 0.156. The molecule has 0 spiro atoms. The van der Waals surface area contributed by atoms with Crippen LogP contribution in [0.1, 0.15) is 24.0 Å². The molecule has 8 heteroatoms. The van der Waals surface area contributed by atoms with E-state index in [4.69, 9.17) is 0 Å². The molecule has 0 amide bonds. The van der Waals surface area contributed by atoms with E-state index in [1.807, 2.05) is 10.8 Å². The lowest BCUT2D eigenvalue weighted by molar-refractivity contribution is 0.522. The molecule has 2 aliphatic carbocycles. The zero-order valence-corrected chi connectivity index (χ0v) is 18.9. The van der Waals surface area contributed by atoms with Crippen molar-refractivity contribution in [1.82, 2.24) is 13.9 Å². The Morgan fingerprint density at radius 3 is 2.41 bits per heavy atom. The molecule has 1 aromatic heterocycles. The molecule has 1 saturated carbocycles. The zero-order chi connectivity index (χ0) is 22.5. The summed E-state index contributed by atoms with van der Waals surface area (Å²) in [6.07, 6.45) is 7.23. The summed E-state index contributed by atoms with van der Waals surface area (Å²) in [5, 5.41) is 0. The molecule has 2 atom stereocenters. The number of nitrogens with zero attached hydrogens (tertiary/aromatic N) is 4. The molecule has 0 unspecified atom stereocenters. The summed E-state index contributed by atoms with van der Waals surface area (Å²) < 4.78 is 45.3. The van der Waals surface area contributed by atoms with Gasteiger partial charge in [-0.05, 0) is 67.1 Å². The minimum atomic E-state index is -3.62.